The number of thiazole rings is 1. The number of nitro groups is 1. The number of aromatic nitrogens is 1. The third kappa shape index (κ3) is 5.38. The predicted molar refractivity (Wildman–Crippen MR) is 99.9 cm³/mol. The number of ether oxygens (including phenoxy) is 3. The van der Waals surface area contributed by atoms with Crippen molar-refractivity contribution in [3.63, 3.8) is 0 Å². The van der Waals surface area contributed by atoms with Crippen LogP contribution in [0.3, 0.4) is 0 Å². The summed E-state index contributed by atoms with van der Waals surface area (Å²) in [7, 11) is 2.74. The first kappa shape index (κ1) is 20.1. The van der Waals surface area contributed by atoms with Gasteiger partial charge in [-0.1, -0.05) is 0 Å². The normalized spacial score (nSPS) is 10.6. The molecule has 27 heavy (non-hydrogen) atoms. The second-order valence-electron chi connectivity index (χ2n) is 5.02. The highest BCUT2D eigenvalue weighted by Gasteiger charge is 2.19. The van der Waals surface area contributed by atoms with Gasteiger partial charge in [0, 0.05) is 10.9 Å². The molecule has 144 valence electrons. The number of rotatable bonds is 9. The molecule has 0 saturated heterocycles. The van der Waals surface area contributed by atoms with Crippen LogP contribution in [0, 0.1) is 10.1 Å². The Morgan fingerprint density at radius 1 is 1.37 bits per heavy atom. The Labute approximate surface area is 158 Å². The molecular weight excluding hydrogens is 376 g/mol. The van der Waals surface area contributed by atoms with Crippen molar-refractivity contribution in [2.75, 3.05) is 26.3 Å². The van der Waals surface area contributed by atoms with Crippen LogP contribution in [0.25, 0.3) is 0 Å². The van der Waals surface area contributed by atoms with E-state index in [2.05, 4.69) is 15.5 Å². The number of hydrogen-bond acceptors (Lipinski definition) is 10. The second kappa shape index (κ2) is 9.48. The molecule has 1 N–H and O–H groups in total. The first-order chi connectivity index (χ1) is 13.0. The van der Waals surface area contributed by atoms with Crippen molar-refractivity contribution in [2.24, 2.45) is 5.10 Å². The number of anilines is 1. The SMILES string of the molecule is CCOC(=O)Cc1csc(NN=Cc2cc(OC)c([N+](=O)[O-])cc2OC)n1. The fourth-order valence-corrected chi connectivity index (χ4v) is 2.76. The molecule has 0 aliphatic heterocycles. The van der Waals surface area contributed by atoms with E-state index in [4.69, 9.17) is 14.2 Å². The minimum absolute atomic E-state index is 0.0864. The predicted octanol–water partition coefficient (Wildman–Crippen LogP) is 2.62. The lowest BCUT2D eigenvalue weighted by atomic mass is 10.2. The van der Waals surface area contributed by atoms with Gasteiger partial charge in [-0.2, -0.15) is 5.10 Å². The minimum Gasteiger partial charge on any atom is -0.496 e. The van der Waals surface area contributed by atoms with Gasteiger partial charge in [0.15, 0.2) is 5.75 Å². The van der Waals surface area contributed by atoms with Crippen molar-refractivity contribution in [1.82, 2.24) is 4.98 Å². The van der Waals surface area contributed by atoms with Gasteiger partial charge in [0.1, 0.15) is 5.75 Å². The molecule has 0 radical (unpaired) electrons. The molecule has 0 aliphatic carbocycles. The van der Waals surface area contributed by atoms with Crippen LogP contribution in [-0.2, 0) is 16.0 Å². The van der Waals surface area contributed by atoms with Crippen LogP contribution in [0.1, 0.15) is 18.2 Å². The van der Waals surface area contributed by atoms with Crippen LogP contribution in [0.5, 0.6) is 11.5 Å². The first-order valence-electron chi connectivity index (χ1n) is 7.78. The summed E-state index contributed by atoms with van der Waals surface area (Å²) in [4.78, 5) is 26.2. The molecule has 11 heteroatoms. The lowest BCUT2D eigenvalue weighted by Crippen LogP contribution is -2.07. The Morgan fingerprint density at radius 2 is 2.11 bits per heavy atom. The maximum absolute atomic E-state index is 11.4. The Kier molecular flexibility index (Phi) is 7.06. The smallest absolute Gasteiger partial charge is 0.314 e. The number of esters is 1. The van der Waals surface area contributed by atoms with Crippen LogP contribution in [-0.4, -0.2) is 42.9 Å². The van der Waals surface area contributed by atoms with Gasteiger partial charge < -0.3 is 14.2 Å². The highest BCUT2D eigenvalue weighted by Crippen LogP contribution is 2.33. The number of hydrogen-bond donors (Lipinski definition) is 1. The van der Waals surface area contributed by atoms with Gasteiger partial charge >= 0.3 is 11.7 Å². The Balaban J connectivity index is 2.11. The van der Waals surface area contributed by atoms with Crippen molar-refractivity contribution in [3.8, 4) is 11.5 Å². The molecule has 10 nitrogen and oxygen atoms in total. The van der Waals surface area contributed by atoms with Crippen LogP contribution < -0.4 is 14.9 Å². The Hall–Kier alpha value is -3.21. The molecule has 0 amide bonds. The van der Waals surface area contributed by atoms with E-state index < -0.39 is 4.92 Å². The number of methoxy groups -OCH3 is 2. The third-order valence-electron chi connectivity index (χ3n) is 3.27. The molecule has 1 aromatic heterocycles. The fraction of sp³-hybridized carbons (Fsp3) is 0.312. The maximum Gasteiger partial charge on any atom is 0.314 e. The van der Waals surface area contributed by atoms with Gasteiger partial charge in [-0.3, -0.25) is 20.3 Å². The van der Waals surface area contributed by atoms with Crippen LogP contribution >= 0.6 is 11.3 Å². The molecule has 2 rings (SSSR count). The van der Waals surface area contributed by atoms with Crippen molar-refractivity contribution in [2.45, 2.75) is 13.3 Å². The van der Waals surface area contributed by atoms with E-state index in [9.17, 15) is 14.9 Å². The Bertz CT molecular complexity index is 851. The van der Waals surface area contributed by atoms with Crippen LogP contribution in [0.15, 0.2) is 22.6 Å². The number of hydrazone groups is 1. The molecule has 0 saturated carbocycles. The number of nitrogens with zero attached hydrogens (tertiary/aromatic N) is 3. The van der Waals surface area contributed by atoms with E-state index in [-0.39, 0.29) is 29.6 Å². The average Bonchev–Trinajstić information content (AvgIpc) is 3.08. The van der Waals surface area contributed by atoms with Gasteiger partial charge in [0.2, 0.25) is 5.13 Å². The summed E-state index contributed by atoms with van der Waals surface area (Å²) in [6.45, 7) is 2.06. The van der Waals surface area contributed by atoms with Crippen molar-refractivity contribution in [3.05, 3.63) is 38.9 Å². The summed E-state index contributed by atoms with van der Waals surface area (Å²) in [5, 5.41) is 17.3. The van der Waals surface area contributed by atoms with Crippen molar-refractivity contribution >= 4 is 34.3 Å². The van der Waals surface area contributed by atoms with Crippen LogP contribution in [0.2, 0.25) is 0 Å². The number of carbonyl (C=O) groups is 1. The molecule has 1 heterocycles. The quantitative estimate of drug-likeness (QED) is 0.298. The minimum atomic E-state index is -0.554. The average molecular weight is 394 g/mol. The first-order valence-corrected chi connectivity index (χ1v) is 8.66. The van der Waals surface area contributed by atoms with Gasteiger partial charge in [0.05, 0.1) is 50.1 Å². The largest absolute Gasteiger partial charge is 0.496 e. The number of nitro benzene ring substituents is 1. The lowest BCUT2D eigenvalue weighted by Gasteiger charge is -2.07. The lowest BCUT2D eigenvalue weighted by molar-refractivity contribution is -0.385. The summed E-state index contributed by atoms with van der Waals surface area (Å²) < 4.78 is 15.1. The molecule has 0 spiro atoms. The maximum atomic E-state index is 11.4. The second-order valence-corrected chi connectivity index (χ2v) is 5.88. The molecule has 0 unspecified atom stereocenters. The highest BCUT2D eigenvalue weighted by molar-refractivity contribution is 7.13. The molecule has 0 aliphatic rings. The fourth-order valence-electron chi connectivity index (χ4n) is 2.11. The number of nitrogens with one attached hydrogen (secondary N) is 1. The van der Waals surface area contributed by atoms with E-state index in [0.717, 1.165) is 0 Å². The molecule has 2 aromatic rings. The van der Waals surface area contributed by atoms with E-state index >= 15 is 0 Å². The Morgan fingerprint density at radius 3 is 2.74 bits per heavy atom. The zero-order chi connectivity index (χ0) is 19.8. The molecule has 0 bridgehead atoms. The summed E-state index contributed by atoms with van der Waals surface area (Å²) >= 11 is 1.28. The van der Waals surface area contributed by atoms with Crippen molar-refractivity contribution < 1.29 is 23.9 Å². The van der Waals surface area contributed by atoms with E-state index in [0.29, 0.717) is 23.0 Å². The zero-order valence-electron chi connectivity index (χ0n) is 14.9. The van der Waals surface area contributed by atoms with Gasteiger partial charge in [-0.25, -0.2) is 4.98 Å². The zero-order valence-corrected chi connectivity index (χ0v) is 15.7. The van der Waals surface area contributed by atoms with E-state index in [1.807, 2.05) is 0 Å². The third-order valence-corrected chi connectivity index (χ3v) is 4.07. The standard InChI is InChI=1S/C16H18N4O6S/c1-4-26-15(21)6-11-9-27-16(18-11)19-17-8-10-5-14(25-3)12(20(22)23)7-13(10)24-2/h5,7-9H,4,6H2,1-3H3,(H,18,19). The molecule has 0 fully saturated rings. The van der Waals surface area contributed by atoms with Gasteiger partial charge in [0.25, 0.3) is 0 Å². The van der Waals surface area contributed by atoms with E-state index in [1.165, 1.54) is 43.9 Å². The summed E-state index contributed by atoms with van der Waals surface area (Å²) in [6.07, 6.45) is 1.51. The summed E-state index contributed by atoms with van der Waals surface area (Å²) in [6, 6.07) is 2.72. The van der Waals surface area contributed by atoms with Crippen LogP contribution in [0.4, 0.5) is 10.8 Å². The van der Waals surface area contributed by atoms with Gasteiger partial charge in [-0.15, -0.1) is 11.3 Å². The number of carbonyl (C=O) groups excluding carboxylic acids is 1. The van der Waals surface area contributed by atoms with Crippen molar-refractivity contribution in [1.29, 1.82) is 0 Å². The molecule has 1 aromatic carbocycles. The molecule has 0 atom stereocenters. The molecular formula is C16H18N4O6S. The summed E-state index contributed by atoms with van der Waals surface area (Å²) in [5.41, 5.74) is 3.59. The number of benzene rings is 1. The monoisotopic (exact) mass is 394 g/mol. The topological polar surface area (TPSA) is 125 Å². The van der Waals surface area contributed by atoms with E-state index in [1.54, 1.807) is 12.3 Å². The summed E-state index contributed by atoms with van der Waals surface area (Å²) in [5.74, 6) is 0.0176. The highest BCUT2D eigenvalue weighted by atomic mass is 32.1. The van der Waals surface area contributed by atoms with Gasteiger partial charge in [-0.05, 0) is 13.0 Å².